The lowest BCUT2D eigenvalue weighted by Gasteiger charge is -2.38. The number of amides is 2. The summed E-state index contributed by atoms with van der Waals surface area (Å²) in [5.41, 5.74) is 5.70. The Hall–Kier alpha value is -3.60. The quantitative estimate of drug-likeness (QED) is 0.459. The molecule has 2 amide bonds. The van der Waals surface area contributed by atoms with Crippen LogP contribution in [0.1, 0.15) is 53.6 Å². The predicted octanol–water partition coefficient (Wildman–Crippen LogP) is 5.31. The summed E-state index contributed by atoms with van der Waals surface area (Å²) in [5.74, 6) is 0.999. The van der Waals surface area contributed by atoms with Gasteiger partial charge in [0, 0.05) is 26.1 Å². The number of hydrogen-bond acceptors (Lipinski definition) is 3. The van der Waals surface area contributed by atoms with E-state index < -0.39 is 6.10 Å². The van der Waals surface area contributed by atoms with Crippen molar-refractivity contribution in [3.8, 4) is 5.75 Å². The zero-order valence-electron chi connectivity index (χ0n) is 21.3. The second-order valence-corrected chi connectivity index (χ2v) is 10.2. The van der Waals surface area contributed by atoms with E-state index in [4.69, 9.17) is 4.74 Å². The number of fused-ring (bicyclic) bond motifs is 1. The molecule has 0 N–H and O–H groups in total. The molecule has 5 nitrogen and oxygen atoms in total. The van der Waals surface area contributed by atoms with E-state index in [0.717, 1.165) is 42.5 Å². The molecule has 186 valence electrons. The SMILES string of the molecule is Cc1cccc([C@@H]2c3cc(O[C@@H](C)C(=O)N(C)Cc4ccccc4)ccc3CCN2C(=O)C2CC2)c1. The average Bonchev–Trinajstić information content (AvgIpc) is 3.73. The summed E-state index contributed by atoms with van der Waals surface area (Å²) in [5, 5.41) is 0. The standard InChI is InChI=1S/C31H34N2O3/c1-21-8-7-11-26(18-21)29-28-19-27(15-14-24(28)16-17-33(29)31(35)25-12-13-25)36-22(2)30(34)32(3)20-23-9-5-4-6-10-23/h4-11,14-15,18-19,22,25,29H,12-13,16-17,20H2,1-3H3/t22-,29+/m0/s1. The Morgan fingerprint density at radius 1 is 1.03 bits per heavy atom. The van der Waals surface area contributed by atoms with E-state index in [1.165, 1.54) is 11.1 Å². The van der Waals surface area contributed by atoms with Gasteiger partial charge in [-0.15, -0.1) is 0 Å². The number of likely N-dealkylation sites (N-methyl/N-ethyl adjacent to an activating group) is 1. The van der Waals surface area contributed by atoms with Crippen LogP contribution in [0.4, 0.5) is 0 Å². The molecule has 2 atom stereocenters. The van der Waals surface area contributed by atoms with Crippen molar-refractivity contribution in [3.05, 3.63) is 101 Å². The first-order valence-electron chi connectivity index (χ1n) is 12.9. The van der Waals surface area contributed by atoms with Crippen LogP contribution in [0, 0.1) is 12.8 Å². The summed E-state index contributed by atoms with van der Waals surface area (Å²) in [4.78, 5) is 30.1. The Balaban J connectivity index is 1.39. The normalized spacial score (nSPS) is 17.8. The highest BCUT2D eigenvalue weighted by molar-refractivity contribution is 5.82. The van der Waals surface area contributed by atoms with E-state index in [1.807, 2.05) is 42.5 Å². The van der Waals surface area contributed by atoms with Gasteiger partial charge in [0.1, 0.15) is 5.75 Å². The van der Waals surface area contributed by atoms with E-state index in [9.17, 15) is 9.59 Å². The van der Waals surface area contributed by atoms with Crippen LogP contribution in [0.2, 0.25) is 0 Å². The fraction of sp³-hybridized carbons (Fsp3) is 0.355. The van der Waals surface area contributed by atoms with Crippen molar-refractivity contribution in [2.24, 2.45) is 5.92 Å². The first-order chi connectivity index (χ1) is 17.4. The van der Waals surface area contributed by atoms with Gasteiger partial charge in [0.05, 0.1) is 6.04 Å². The number of benzene rings is 3. The molecule has 1 aliphatic heterocycles. The van der Waals surface area contributed by atoms with Crippen molar-refractivity contribution in [2.45, 2.75) is 51.8 Å². The van der Waals surface area contributed by atoms with Gasteiger partial charge in [0.15, 0.2) is 6.10 Å². The smallest absolute Gasteiger partial charge is 0.263 e. The Morgan fingerprint density at radius 3 is 2.53 bits per heavy atom. The molecule has 0 unspecified atom stereocenters. The maximum absolute atomic E-state index is 13.3. The molecule has 0 aromatic heterocycles. The molecule has 1 fully saturated rings. The van der Waals surface area contributed by atoms with Gasteiger partial charge in [-0.1, -0.05) is 66.2 Å². The lowest BCUT2D eigenvalue weighted by molar-refractivity contribution is -0.137. The molecule has 0 bridgehead atoms. The molecule has 5 rings (SSSR count). The lowest BCUT2D eigenvalue weighted by atomic mass is 9.87. The second kappa shape index (κ2) is 10.2. The van der Waals surface area contributed by atoms with Crippen LogP contribution in [0.3, 0.4) is 0 Å². The highest BCUT2D eigenvalue weighted by Gasteiger charge is 2.39. The third-order valence-corrected chi connectivity index (χ3v) is 7.21. The Morgan fingerprint density at radius 2 is 1.81 bits per heavy atom. The van der Waals surface area contributed by atoms with Crippen LogP contribution in [-0.4, -0.2) is 41.3 Å². The molecule has 1 saturated carbocycles. The molecule has 0 spiro atoms. The number of nitrogens with zero attached hydrogens (tertiary/aromatic N) is 2. The summed E-state index contributed by atoms with van der Waals surface area (Å²) in [6.07, 6.45) is 2.18. The first-order valence-corrected chi connectivity index (χ1v) is 12.9. The van der Waals surface area contributed by atoms with E-state index >= 15 is 0 Å². The van der Waals surface area contributed by atoms with Gasteiger partial charge in [-0.3, -0.25) is 9.59 Å². The zero-order valence-corrected chi connectivity index (χ0v) is 21.3. The fourth-order valence-corrected chi connectivity index (χ4v) is 5.17. The number of ether oxygens (including phenoxy) is 1. The largest absolute Gasteiger partial charge is 0.481 e. The monoisotopic (exact) mass is 482 g/mol. The molecular weight excluding hydrogens is 448 g/mol. The second-order valence-electron chi connectivity index (χ2n) is 10.2. The molecule has 1 aliphatic carbocycles. The molecule has 1 heterocycles. The van der Waals surface area contributed by atoms with Gasteiger partial charge in [0.2, 0.25) is 5.91 Å². The highest BCUT2D eigenvalue weighted by Crippen LogP contribution is 2.41. The van der Waals surface area contributed by atoms with E-state index in [2.05, 4.69) is 42.2 Å². The predicted molar refractivity (Wildman–Crippen MR) is 141 cm³/mol. The molecule has 5 heteroatoms. The molecule has 36 heavy (non-hydrogen) atoms. The number of carbonyl (C=O) groups excluding carboxylic acids is 2. The van der Waals surface area contributed by atoms with Crippen molar-refractivity contribution < 1.29 is 14.3 Å². The van der Waals surface area contributed by atoms with Crippen LogP contribution in [0.5, 0.6) is 5.75 Å². The van der Waals surface area contributed by atoms with Crippen molar-refractivity contribution >= 4 is 11.8 Å². The lowest BCUT2D eigenvalue weighted by Crippen LogP contribution is -2.41. The molecule has 3 aromatic carbocycles. The number of hydrogen-bond donors (Lipinski definition) is 0. The fourth-order valence-electron chi connectivity index (χ4n) is 5.17. The van der Waals surface area contributed by atoms with Crippen molar-refractivity contribution in [2.75, 3.05) is 13.6 Å². The van der Waals surface area contributed by atoms with Gasteiger partial charge in [0.25, 0.3) is 5.91 Å². The van der Waals surface area contributed by atoms with Crippen molar-refractivity contribution in [1.82, 2.24) is 9.80 Å². The maximum atomic E-state index is 13.3. The molecule has 3 aromatic rings. The summed E-state index contributed by atoms with van der Waals surface area (Å²) < 4.78 is 6.17. The molecule has 2 aliphatic rings. The Labute approximate surface area is 213 Å². The van der Waals surface area contributed by atoms with Gasteiger partial charge in [-0.2, -0.15) is 0 Å². The summed E-state index contributed by atoms with van der Waals surface area (Å²) in [6.45, 7) is 5.13. The number of aryl methyl sites for hydroxylation is 1. The summed E-state index contributed by atoms with van der Waals surface area (Å²) in [6, 6.07) is 24.3. The van der Waals surface area contributed by atoms with E-state index in [-0.39, 0.29) is 23.8 Å². The Kier molecular flexibility index (Phi) is 6.82. The third-order valence-electron chi connectivity index (χ3n) is 7.21. The minimum Gasteiger partial charge on any atom is -0.481 e. The Bertz CT molecular complexity index is 1250. The van der Waals surface area contributed by atoms with Gasteiger partial charge >= 0.3 is 0 Å². The van der Waals surface area contributed by atoms with Crippen LogP contribution >= 0.6 is 0 Å². The minimum atomic E-state index is -0.623. The third kappa shape index (κ3) is 5.15. The minimum absolute atomic E-state index is 0.0719. The van der Waals surface area contributed by atoms with Crippen molar-refractivity contribution in [3.63, 3.8) is 0 Å². The topological polar surface area (TPSA) is 49.9 Å². The van der Waals surface area contributed by atoms with E-state index in [1.54, 1.807) is 18.9 Å². The van der Waals surface area contributed by atoms with Crippen LogP contribution in [0.15, 0.2) is 72.8 Å². The van der Waals surface area contributed by atoms with E-state index in [0.29, 0.717) is 12.3 Å². The number of rotatable bonds is 7. The summed E-state index contributed by atoms with van der Waals surface area (Å²) >= 11 is 0. The van der Waals surface area contributed by atoms with Crippen molar-refractivity contribution in [1.29, 1.82) is 0 Å². The van der Waals surface area contributed by atoms with Crippen LogP contribution < -0.4 is 4.74 Å². The first kappa shape index (κ1) is 24.1. The van der Waals surface area contributed by atoms with Gasteiger partial charge in [-0.05, 0) is 67.5 Å². The van der Waals surface area contributed by atoms with Crippen LogP contribution in [-0.2, 0) is 22.6 Å². The highest BCUT2D eigenvalue weighted by atomic mass is 16.5. The van der Waals surface area contributed by atoms with Gasteiger partial charge in [-0.25, -0.2) is 0 Å². The molecule has 0 radical (unpaired) electrons. The average molecular weight is 483 g/mol. The zero-order chi connectivity index (χ0) is 25.2. The summed E-state index contributed by atoms with van der Waals surface area (Å²) in [7, 11) is 1.80. The maximum Gasteiger partial charge on any atom is 0.263 e. The van der Waals surface area contributed by atoms with Gasteiger partial charge < -0.3 is 14.5 Å². The molecule has 0 saturated heterocycles. The molecular formula is C31H34N2O3. The van der Waals surface area contributed by atoms with Crippen LogP contribution in [0.25, 0.3) is 0 Å². The number of carbonyl (C=O) groups is 2.